The first-order valence-corrected chi connectivity index (χ1v) is 12.5. The van der Waals surface area contributed by atoms with Gasteiger partial charge in [0.05, 0.1) is 9.79 Å². The molecule has 0 aliphatic heterocycles. The van der Waals surface area contributed by atoms with Crippen molar-refractivity contribution in [2.24, 2.45) is 0 Å². The summed E-state index contributed by atoms with van der Waals surface area (Å²) < 4.78 is 66.1. The Kier molecular flexibility index (Phi) is 8.73. The second kappa shape index (κ2) is 10.4. The largest absolute Gasteiger partial charge is 2.00 e. The van der Waals surface area contributed by atoms with Crippen molar-refractivity contribution >= 4 is 79.5 Å². The number of hydrogen-bond donors (Lipinski definition) is 0. The average molecular weight is 511 g/mol. The Morgan fingerprint density at radius 1 is 0.545 bits per heavy atom. The molecule has 0 spiro atoms. The Morgan fingerprint density at radius 2 is 0.879 bits per heavy atom. The van der Waals surface area contributed by atoms with Crippen molar-refractivity contribution in [3.63, 3.8) is 0 Å². The van der Waals surface area contributed by atoms with E-state index in [9.17, 15) is 25.9 Å². The Hall–Kier alpha value is -1.52. The monoisotopic (exact) mass is 510 g/mol. The summed E-state index contributed by atoms with van der Waals surface area (Å²) in [6.45, 7) is 7.24. The molecule has 0 fully saturated rings. The Balaban J connectivity index is 0.000000227. The second-order valence-corrected chi connectivity index (χ2v) is 10.4. The van der Waals surface area contributed by atoms with E-state index >= 15 is 0 Å². The molecule has 168 valence electrons. The molecule has 0 heterocycles. The van der Waals surface area contributed by atoms with Crippen molar-refractivity contribution in [2.75, 3.05) is 0 Å². The van der Waals surface area contributed by atoms with Crippen molar-refractivity contribution in [1.82, 2.24) is 0 Å². The Labute approximate surface area is 224 Å². The smallest absolute Gasteiger partial charge is 0.744 e. The topological polar surface area (TPSA) is 114 Å². The number of hydrogen-bond acceptors (Lipinski definition) is 6. The zero-order chi connectivity index (χ0) is 23.8. The molecule has 0 atom stereocenters. The normalized spacial score (nSPS) is 11.6. The van der Waals surface area contributed by atoms with Gasteiger partial charge in [-0.05, 0) is 72.5 Å². The SMILES string of the molecule is Cc1ccc2c(C)c(S(=O)(=O)[O-])ccc2c1.Cc1ccc2c(C)c(S(=O)(=O)[O-])ccc2c1.[Ca+2]. The van der Waals surface area contributed by atoms with E-state index in [-0.39, 0.29) is 47.5 Å². The molecule has 0 amide bonds. The van der Waals surface area contributed by atoms with Gasteiger partial charge in [-0.3, -0.25) is 0 Å². The molecule has 0 saturated carbocycles. The minimum atomic E-state index is -4.39. The van der Waals surface area contributed by atoms with E-state index < -0.39 is 20.2 Å². The molecule has 0 saturated heterocycles. The van der Waals surface area contributed by atoms with Crippen molar-refractivity contribution in [3.8, 4) is 0 Å². The van der Waals surface area contributed by atoms with E-state index in [1.54, 1.807) is 26.0 Å². The van der Waals surface area contributed by atoms with Crippen LogP contribution >= 0.6 is 0 Å². The fraction of sp³-hybridized carbons (Fsp3) is 0.167. The molecular weight excluding hydrogens is 488 g/mol. The van der Waals surface area contributed by atoms with Crippen molar-refractivity contribution in [3.05, 3.63) is 82.9 Å². The summed E-state index contributed by atoms with van der Waals surface area (Å²) in [5.74, 6) is 0. The zero-order valence-electron chi connectivity index (χ0n) is 18.7. The second-order valence-electron chi connectivity index (χ2n) is 7.73. The summed E-state index contributed by atoms with van der Waals surface area (Å²) in [7, 11) is -8.77. The van der Waals surface area contributed by atoms with Crippen molar-refractivity contribution < 1.29 is 25.9 Å². The molecule has 0 unspecified atom stereocenters. The third-order valence-electron chi connectivity index (χ3n) is 5.33. The maximum atomic E-state index is 11.0. The molecule has 4 aromatic rings. The molecule has 33 heavy (non-hydrogen) atoms. The first-order chi connectivity index (χ1) is 14.8. The van der Waals surface area contributed by atoms with E-state index in [0.29, 0.717) is 11.1 Å². The van der Waals surface area contributed by atoms with E-state index in [1.807, 2.05) is 50.2 Å². The maximum absolute atomic E-state index is 11.0. The van der Waals surface area contributed by atoms with Crippen LogP contribution in [0.15, 0.2) is 70.5 Å². The molecule has 0 radical (unpaired) electrons. The molecule has 6 nitrogen and oxygen atoms in total. The summed E-state index contributed by atoms with van der Waals surface area (Å²) in [4.78, 5) is -0.271. The Bertz CT molecular complexity index is 1440. The van der Waals surface area contributed by atoms with Crippen LogP contribution in [-0.4, -0.2) is 63.7 Å². The first kappa shape index (κ1) is 27.7. The molecule has 9 heteroatoms. The summed E-state index contributed by atoms with van der Waals surface area (Å²) in [6.07, 6.45) is 0. The summed E-state index contributed by atoms with van der Waals surface area (Å²) in [6, 6.07) is 17.5. The minimum absolute atomic E-state index is 0. The molecule has 0 aliphatic rings. The standard InChI is InChI=1S/2C12H12O3S.Ca/c2*1-8-3-5-11-9(2)12(16(13,14)15)6-4-10(11)7-8;/h2*3-7H,1-2H3,(H,13,14,15);/q;;+2/p-2. The third-order valence-corrected chi connectivity index (χ3v) is 7.29. The van der Waals surface area contributed by atoms with Gasteiger partial charge in [-0.15, -0.1) is 0 Å². The maximum Gasteiger partial charge on any atom is 2.00 e. The van der Waals surface area contributed by atoms with Gasteiger partial charge in [-0.2, -0.15) is 0 Å². The van der Waals surface area contributed by atoms with Crippen LogP contribution in [0, 0.1) is 27.7 Å². The summed E-state index contributed by atoms with van der Waals surface area (Å²) in [5.41, 5.74) is 3.24. The number of aryl methyl sites for hydroxylation is 4. The van der Waals surface area contributed by atoms with E-state index in [0.717, 1.165) is 32.7 Å². The first-order valence-electron chi connectivity index (χ1n) is 9.71. The molecule has 4 aromatic carbocycles. The fourth-order valence-electron chi connectivity index (χ4n) is 3.71. The van der Waals surface area contributed by atoms with Crippen LogP contribution in [0.2, 0.25) is 0 Å². The number of benzene rings is 4. The Morgan fingerprint density at radius 3 is 1.18 bits per heavy atom. The number of rotatable bonds is 2. The van der Waals surface area contributed by atoms with E-state index in [1.165, 1.54) is 12.1 Å². The quantitative estimate of drug-likeness (QED) is 0.293. The van der Waals surface area contributed by atoms with Gasteiger partial charge in [0, 0.05) is 0 Å². The molecule has 0 N–H and O–H groups in total. The third kappa shape index (κ3) is 6.33. The van der Waals surface area contributed by atoms with Crippen LogP contribution in [-0.2, 0) is 20.2 Å². The predicted molar refractivity (Wildman–Crippen MR) is 129 cm³/mol. The number of fused-ring (bicyclic) bond motifs is 2. The van der Waals surface area contributed by atoms with Crippen LogP contribution in [0.3, 0.4) is 0 Å². The molecule has 0 aromatic heterocycles. The van der Waals surface area contributed by atoms with Gasteiger partial charge in [0.1, 0.15) is 20.2 Å². The molecular formula is C24H22CaO6S2. The average Bonchev–Trinajstić information content (AvgIpc) is 2.66. The van der Waals surface area contributed by atoms with Crippen LogP contribution in [0.5, 0.6) is 0 Å². The van der Waals surface area contributed by atoms with Gasteiger partial charge < -0.3 is 9.11 Å². The van der Waals surface area contributed by atoms with Crippen LogP contribution < -0.4 is 0 Å². The fourth-order valence-corrected chi connectivity index (χ4v) is 5.15. The zero-order valence-corrected chi connectivity index (χ0v) is 22.6. The minimum Gasteiger partial charge on any atom is -0.744 e. The summed E-state index contributed by atoms with van der Waals surface area (Å²) in [5, 5.41) is 3.51. The summed E-state index contributed by atoms with van der Waals surface area (Å²) >= 11 is 0. The molecule has 4 rings (SSSR count). The predicted octanol–water partition coefficient (Wildman–Crippen LogP) is 4.34. The van der Waals surface area contributed by atoms with Crippen LogP contribution in [0.25, 0.3) is 21.5 Å². The van der Waals surface area contributed by atoms with Gasteiger partial charge in [0.25, 0.3) is 0 Å². The van der Waals surface area contributed by atoms with E-state index in [2.05, 4.69) is 0 Å². The van der Waals surface area contributed by atoms with E-state index in [4.69, 9.17) is 0 Å². The van der Waals surface area contributed by atoms with Gasteiger partial charge in [0.15, 0.2) is 0 Å². The van der Waals surface area contributed by atoms with Gasteiger partial charge in [0.2, 0.25) is 0 Å². The van der Waals surface area contributed by atoms with Crippen molar-refractivity contribution in [2.45, 2.75) is 37.5 Å². The molecule has 0 aliphatic carbocycles. The van der Waals surface area contributed by atoms with Crippen molar-refractivity contribution in [1.29, 1.82) is 0 Å². The van der Waals surface area contributed by atoms with Crippen LogP contribution in [0.4, 0.5) is 0 Å². The van der Waals surface area contributed by atoms with Gasteiger partial charge in [-0.25, -0.2) is 16.8 Å². The van der Waals surface area contributed by atoms with Crippen LogP contribution in [0.1, 0.15) is 22.3 Å². The molecule has 0 bridgehead atoms. The van der Waals surface area contributed by atoms with Gasteiger partial charge >= 0.3 is 37.7 Å². The van der Waals surface area contributed by atoms with Gasteiger partial charge in [-0.1, -0.05) is 59.7 Å².